The molecule has 30 heavy (non-hydrogen) atoms. The van der Waals surface area contributed by atoms with Crippen molar-refractivity contribution in [3.63, 3.8) is 0 Å². The topological polar surface area (TPSA) is 89.3 Å². The molecule has 2 atom stereocenters. The van der Waals surface area contributed by atoms with E-state index < -0.39 is 11.9 Å². The predicted molar refractivity (Wildman–Crippen MR) is 111 cm³/mol. The van der Waals surface area contributed by atoms with Crippen LogP contribution in [-0.4, -0.2) is 45.5 Å². The molecular weight excluding hydrogens is 411 g/mol. The van der Waals surface area contributed by atoms with Crippen LogP contribution in [-0.2, 0) is 4.74 Å². The third-order valence-corrected chi connectivity index (χ3v) is 5.31. The summed E-state index contributed by atoms with van der Waals surface area (Å²) in [6.45, 7) is 0.946. The molecule has 156 valence electrons. The van der Waals surface area contributed by atoms with Crippen molar-refractivity contribution in [1.82, 2.24) is 14.5 Å². The third-order valence-electron chi connectivity index (χ3n) is 5.00. The van der Waals surface area contributed by atoms with Crippen molar-refractivity contribution in [2.45, 2.75) is 18.5 Å². The van der Waals surface area contributed by atoms with E-state index in [1.165, 1.54) is 22.8 Å². The van der Waals surface area contributed by atoms with E-state index in [0.717, 1.165) is 6.42 Å². The number of aliphatic hydroxyl groups excluding tert-OH is 1. The molecule has 2 N–H and O–H groups in total. The summed E-state index contributed by atoms with van der Waals surface area (Å²) in [7, 11) is 0. The summed E-state index contributed by atoms with van der Waals surface area (Å²) >= 11 is 5.73. The molecule has 1 fully saturated rings. The Kier molecular flexibility index (Phi) is 6.08. The Morgan fingerprint density at radius 2 is 2.20 bits per heavy atom. The standard InChI is InChI=1S/C21H20ClFN4O3/c22-16-2-1-14(9-17(16)23)19(11-28)27-7-4-13(10-20(27)29)18-3-6-24-21(26-18)25-15-5-8-30-12-15/h1-4,6-7,9-10,15,19,28H,5,8,11-12H2,(H,24,25,26). The fourth-order valence-corrected chi connectivity index (χ4v) is 3.52. The molecule has 0 aliphatic carbocycles. The summed E-state index contributed by atoms with van der Waals surface area (Å²) in [4.78, 5) is 21.5. The Bertz CT molecular complexity index is 1100. The van der Waals surface area contributed by atoms with E-state index in [2.05, 4.69) is 15.3 Å². The van der Waals surface area contributed by atoms with Crippen LogP contribution >= 0.6 is 11.6 Å². The zero-order valence-electron chi connectivity index (χ0n) is 16.0. The van der Waals surface area contributed by atoms with Gasteiger partial charge >= 0.3 is 0 Å². The number of aromatic nitrogens is 3. The molecule has 2 unspecified atom stereocenters. The molecule has 1 aliphatic rings. The van der Waals surface area contributed by atoms with Crippen LogP contribution in [0, 0.1) is 5.82 Å². The average Bonchev–Trinajstić information content (AvgIpc) is 3.25. The molecule has 9 heteroatoms. The third kappa shape index (κ3) is 4.35. The van der Waals surface area contributed by atoms with E-state index in [-0.39, 0.29) is 23.2 Å². The fourth-order valence-electron chi connectivity index (χ4n) is 3.40. The van der Waals surface area contributed by atoms with Crippen molar-refractivity contribution >= 4 is 17.5 Å². The zero-order chi connectivity index (χ0) is 21.1. The van der Waals surface area contributed by atoms with Crippen LogP contribution in [0.5, 0.6) is 0 Å². The van der Waals surface area contributed by atoms with Crippen LogP contribution in [0.25, 0.3) is 11.3 Å². The largest absolute Gasteiger partial charge is 0.394 e. The van der Waals surface area contributed by atoms with Crippen LogP contribution in [0.1, 0.15) is 18.0 Å². The molecule has 7 nitrogen and oxygen atoms in total. The molecule has 3 aromatic rings. The predicted octanol–water partition coefficient (Wildman–Crippen LogP) is 2.88. The van der Waals surface area contributed by atoms with Crippen LogP contribution in [0.4, 0.5) is 10.3 Å². The number of benzene rings is 1. The number of halogens is 2. The van der Waals surface area contributed by atoms with E-state index in [4.69, 9.17) is 16.3 Å². The highest BCUT2D eigenvalue weighted by atomic mass is 35.5. The van der Waals surface area contributed by atoms with Crippen LogP contribution in [0.15, 0.2) is 53.6 Å². The molecule has 1 aromatic carbocycles. The molecule has 4 rings (SSSR count). The molecule has 0 spiro atoms. The molecule has 3 heterocycles. The molecule has 0 radical (unpaired) electrons. The smallest absolute Gasteiger partial charge is 0.251 e. The second-order valence-corrected chi connectivity index (χ2v) is 7.41. The Morgan fingerprint density at radius 3 is 2.90 bits per heavy atom. The van der Waals surface area contributed by atoms with E-state index in [1.54, 1.807) is 30.6 Å². The van der Waals surface area contributed by atoms with E-state index >= 15 is 0 Å². The summed E-state index contributed by atoms with van der Waals surface area (Å²) in [6.07, 6.45) is 4.07. The van der Waals surface area contributed by atoms with Gasteiger partial charge in [0, 0.05) is 30.6 Å². The minimum Gasteiger partial charge on any atom is -0.394 e. The van der Waals surface area contributed by atoms with Crippen LogP contribution in [0.2, 0.25) is 5.02 Å². The van der Waals surface area contributed by atoms with E-state index in [1.807, 2.05) is 0 Å². The summed E-state index contributed by atoms with van der Waals surface area (Å²) < 4.78 is 20.5. The quantitative estimate of drug-likeness (QED) is 0.625. The number of pyridine rings is 1. The zero-order valence-corrected chi connectivity index (χ0v) is 16.7. The van der Waals surface area contributed by atoms with Gasteiger partial charge in [-0.15, -0.1) is 0 Å². The van der Waals surface area contributed by atoms with Gasteiger partial charge in [-0.2, -0.15) is 0 Å². The lowest BCUT2D eigenvalue weighted by atomic mass is 10.1. The first-order chi connectivity index (χ1) is 14.5. The minimum atomic E-state index is -0.733. The molecule has 2 aromatic heterocycles. The number of nitrogens with zero attached hydrogens (tertiary/aromatic N) is 3. The van der Waals surface area contributed by atoms with E-state index in [9.17, 15) is 14.3 Å². The first-order valence-electron chi connectivity index (χ1n) is 9.51. The van der Waals surface area contributed by atoms with Crippen molar-refractivity contribution in [3.05, 3.63) is 75.5 Å². The average molecular weight is 431 g/mol. The molecule has 1 aliphatic heterocycles. The lowest BCUT2D eigenvalue weighted by Crippen LogP contribution is -2.27. The molecule has 1 saturated heterocycles. The number of anilines is 1. The second-order valence-electron chi connectivity index (χ2n) is 7.00. The Labute approximate surface area is 177 Å². The van der Waals surface area contributed by atoms with E-state index in [0.29, 0.717) is 36.0 Å². The number of hydrogen-bond acceptors (Lipinski definition) is 6. The Hall–Kier alpha value is -2.81. The molecule has 0 amide bonds. The van der Waals surface area contributed by atoms with Gasteiger partial charge in [0.1, 0.15) is 5.82 Å². The van der Waals surface area contributed by atoms with Gasteiger partial charge in [0.2, 0.25) is 5.95 Å². The highest BCUT2D eigenvalue weighted by Gasteiger charge is 2.18. The maximum atomic E-state index is 13.8. The maximum absolute atomic E-state index is 13.8. The van der Waals surface area contributed by atoms with Gasteiger partial charge in [-0.1, -0.05) is 17.7 Å². The van der Waals surface area contributed by atoms with Crippen LogP contribution in [0.3, 0.4) is 0 Å². The first kappa shape index (κ1) is 20.5. The van der Waals surface area contributed by atoms with Gasteiger partial charge in [0.05, 0.1) is 36.0 Å². The number of rotatable bonds is 6. The summed E-state index contributed by atoms with van der Waals surface area (Å²) in [5.41, 5.74) is 1.30. The number of hydrogen-bond donors (Lipinski definition) is 2. The summed E-state index contributed by atoms with van der Waals surface area (Å²) in [5.74, 6) is -0.136. The van der Waals surface area contributed by atoms with Crippen molar-refractivity contribution < 1.29 is 14.2 Å². The Morgan fingerprint density at radius 1 is 1.33 bits per heavy atom. The SMILES string of the molecule is O=c1cc(-c2ccnc(NC3CCOC3)n2)ccn1C(CO)c1ccc(Cl)c(F)c1. The van der Waals surface area contributed by atoms with Gasteiger partial charge in [-0.05, 0) is 36.2 Å². The van der Waals surface area contributed by atoms with Crippen molar-refractivity contribution in [2.75, 3.05) is 25.1 Å². The molecule has 0 bridgehead atoms. The molecule has 0 saturated carbocycles. The normalized spacial score (nSPS) is 17.1. The highest BCUT2D eigenvalue weighted by molar-refractivity contribution is 6.30. The highest BCUT2D eigenvalue weighted by Crippen LogP contribution is 2.23. The first-order valence-corrected chi connectivity index (χ1v) is 9.88. The van der Waals surface area contributed by atoms with Gasteiger partial charge in [-0.25, -0.2) is 14.4 Å². The van der Waals surface area contributed by atoms with Crippen molar-refractivity contribution in [2.24, 2.45) is 0 Å². The summed E-state index contributed by atoms with van der Waals surface area (Å²) in [6, 6.07) is 8.51. The number of aliphatic hydroxyl groups is 1. The summed E-state index contributed by atoms with van der Waals surface area (Å²) in [5, 5.41) is 13.0. The number of nitrogens with one attached hydrogen (secondary N) is 1. The van der Waals surface area contributed by atoms with Gasteiger partial charge in [0.15, 0.2) is 0 Å². The number of ether oxygens (including phenoxy) is 1. The lowest BCUT2D eigenvalue weighted by molar-refractivity contribution is 0.195. The van der Waals surface area contributed by atoms with Crippen molar-refractivity contribution in [1.29, 1.82) is 0 Å². The van der Waals surface area contributed by atoms with Gasteiger partial charge < -0.3 is 19.7 Å². The Balaban J connectivity index is 1.61. The lowest BCUT2D eigenvalue weighted by Gasteiger charge is -2.18. The van der Waals surface area contributed by atoms with Crippen LogP contribution < -0.4 is 10.9 Å². The fraction of sp³-hybridized carbons (Fsp3) is 0.286. The second kappa shape index (κ2) is 8.91. The maximum Gasteiger partial charge on any atom is 0.251 e. The monoisotopic (exact) mass is 430 g/mol. The van der Waals surface area contributed by atoms with Crippen molar-refractivity contribution in [3.8, 4) is 11.3 Å². The molecular formula is C21H20ClFN4O3. The minimum absolute atomic E-state index is 0.0181. The van der Waals surface area contributed by atoms with Gasteiger partial charge in [0.25, 0.3) is 5.56 Å². The van der Waals surface area contributed by atoms with Gasteiger partial charge in [-0.3, -0.25) is 4.79 Å².